The molecule has 0 aliphatic heterocycles. The zero-order valence-electron chi connectivity index (χ0n) is 16.9. The molecule has 0 spiro atoms. The minimum absolute atomic E-state index is 0.0379. The summed E-state index contributed by atoms with van der Waals surface area (Å²) in [7, 11) is 0. The summed E-state index contributed by atoms with van der Waals surface area (Å²) in [6.07, 6.45) is 1.64. The second-order valence-electron chi connectivity index (χ2n) is 7.11. The fourth-order valence-electron chi connectivity index (χ4n) is 3.23. The maximum absolute atomic E-state index is 13.1. The van der Waals surface area contributed by atoms with Gasteiger partial charge in [0, 0.05) is 23.9 Å². The number of nitro groups is 1. The maximum atomic E-state index is 13.1. The van der Waals surface area contributed by atoms with Gasteiger partial charge < -0.3 is 0 Å². The Morgan fingerprint density at radius 1 is 1.03 bits per heavy atom. The van der Waals surface area contributed by atoms with Gasteiger partial charge >= 0.3 is 0 Å². The molecule has 1 heterocycles. The van der Waals surface area contributed by atoms with Crippen LogP contribution >= 0.6 is 11.3 Å². The first-order valence-electron chi connectivity index (χ1n) is 9.53. The summed E-state index contributed by atoms with van der Waals surface area (Å²) in [6.45, 7) is 4.07. The van der Waals surface area contributed by atoms with Gasteiger partial charge in [-0.25, -0.2) is 14.4 Å². The van der Waals surface area contributed by atoms with Crippen molar-refractivity contribution >= 4 is 28.4 Å². The Bertz CT molecular complexity index is 1280. The van der Waals surface area contributed by atoms with Gasteiger partial charge in [-0.3, -0.25) is 10.1 Å². The highest BCUT2D eigenvalue weighted by atomic mass is 32.1. The molecule has 5 nitrogen and oxygen atoms in total. The van der Waals surface area contributed by atoms with Crippen molar-refractivity contribution in [1.82, 2.24) is 4.98 Å². The highest BCUT2D eigenvalue weighted by Crippen LogP contribution is 2.41. The van der Waals surface area contributed by atoms with Gasteiger partial charge in [-0.2, -0.15) is 0 Å². The Morgan fingerprint density at radius 3 is 2.39 bits per heavy atom. The van der Waals surface area contributed by atoms with Crippen molar-refractivity contribution in [2.24, 2.45) is 4.99 Å². The Morgan fingerprint density at radius 2 is 1.74 bits per heavy atom. The summed E-state index contributed by atoms with van der Waals surface area (Å²) in [5.41, 5.74) is 5.64. The lowest BCUT2D eigenvalue weighted by Crippen LogP contribution is -1.89. The van der Waals surface area contributed by atoms with E-state index in [0.717, 1.165) is 38.4 Å². The quantitative estimate of drug-likeness (QED) is 0.196. The van der Waals surface area contributed by atoms with Gasteiger partial charge in [0.2, 0.25) is 5.13 Å². The third kappa shape index (κ3) is 4.57. The summed E-state index contributed by atoms with van der Waals surface area (Å²) in [5, 5.41) is 11.6. The number of halogens is 1. The van der Waals surface area contributed by atoms with Crippen molar-refractivity contribution < 1.29 is 9.31 Å². The molecule has 0 unspecified atom stereocenters. The van der Waals surface area contributed by atoms with Crippen LogP contribution in [0.4, 0.5) is 15.2 Å². The molecule has 0 saturated carbocycles. The van der Waals surface area contributed by atoms with E-state index in [1.54, 1.807) is 30.5 Å². The molecule has 7 heteroatoms. The van der Waals surface area contributed by atoms with E-state index in [-0.39, 0.29) is 11.5 Å². The molecule has 0 atom stereocenters. The van der Waals surface area contributed by atoms with Crippen LogP contribution in [0.1, 0.15) is 16.7 Å². The first kappa shape index (κ1) is 20.6. The average Bonchev–Trinajstić information content (AvgIpc) is 3.17. The van der Waals surface area contributed by atoms with Gasteiger partial charge in [0.15, 0.2) is 0 Å². The van der Waals surface area contributed by atoms with Crippen molar-refractivity contribution in [3.05, 3.63) is 99.4 Å². The van der Waals surface area contributed by atoms with E-state index in [9.17, 15) is 14.5 Å². The van der Waals surface area contributed by atoms with E-state index in [1.807, 2.05) is 26.0 Å². The van der Waals surface area contributed by atoms with Crippen LogP contribution < -0.4 is 0 Å². The topological polar surface area (TPSA) is 68.4 Å². The van der Waals surface area contributed by atoms with Crippen LogP contribution in [-0.4, -0.2) is 16.1 Å². The molecular formula is C24H18FN3O2S. The number of thiazole rings is 1. The van der Waals surface area contributed by atoms with Crippen molar-refractivity contribution in [2.75, 3.05) is 0 Å². The number of nitrogens with zero attached hydrogens (tertiary/aromatic N) is 3. The molecule has 0 radical (unpaired) electrons. The molecular weight excluding hydrogens is 413 g/mol. The standard InChI is InChI=1S/C24H18FN3O2S/c1-15-3-12-21(16(2)13-15)22-23(18-6-10-20(11-7-18)28(29)30)31-24(27-22)26-14-17-4-8-19(25)9-5-17/h3-14H,1-2H3. The van der Waals surface area contributed by atoms with Gasteiger partial charge in [-0.1, -0.05) is 47.2 Å². The van der Waals surface area contributed by atoms with E-state index in [0.29, 0.717) is 5.13 Å². The number of hydrogen-bond acceptors (Lipinski definition) is 5. The van der Waals surface area contributed by atoms with Crippen LogP contribution in [-0.2, 0) is 0 Å². The molecule has 0 N–H and O–H groups in total. The zero-order chi connectivity index (χ0) is 22.0. The molecule has 0 fully saturated rings. The number of rotatable bonds is 5. The second-order valence-corrected chi connectivity index (χ2v) is 8.08. The van der Waals surface area contributed by atoms with E-state index in [4.69, 9.17) is 4.98 Å². The van der Waals surface area contributed by atoms with Crippen LogP contribution in [0.5, 0.6) is 0 Å². The summed E-state index contributed by atoms with van der Waals surface area (Å²) in [6, 6.07) is 18.6. The smallest absolute Gasteiger partial charge is 0.258 e. The minimum atomic E-state index is -0.417. The van der Waals surface area contributed by atoms with Crippen molar-refractivity contribution in [2.45, 2.75) is 13.8 Å². The highest BCUT2D eigenvalue weighted by molar-refractivity contribution is 7.19. The van der Waals surface area contributed by atoms with Crippen LogP contribution in [0, 0.1) is 29.8 Å². The largest absolute Gasteiger partial charge is 0.269 e. The van der Waals surface area contributed by atoms with E-state index >= 15 is 0 Å². The molecule has 31 heavy (non-hydrogen) atoms. The molecule has 0 saturated heterocycles. The van der Waals surface area contributed by atoms with E-state index < -0.39 is 4.92 Å². The third-order valence-corrected chi connectivity index (χ3v) is 5.80. The van der Waals surface area contributed by atoms with Crippen LogP contribution in [0.25, 0.3) is 21.7 Å². The Balaban J connectivity index is 1.79. The zero-order valence-corrected chi connectivity index (χ0v) is 17.7. The average molecular weight is 431 g/mol. The van der Waals surface area contributed by atoms with Crippen molar-refractivity contribution in [1.29, 1.82) is 0 Å². The first-order chi connectivity index (χ1) is 14.9. The third-order valence-electron chi connectivity index (χ3n) is 4.79. The molecule has 4 rings (SSSR count). The fraction of sp³-hybridized carbons (Fsp3) is 0.0833. The van der Waals surface area contributed by atoms with E-state index in [1.165, 1.54) is 35.6 Å². The normalized spacial score (nSPS) is 11.2. The second kappa shape index (κ2) is 8.57. The molecule has 0 aliphatic carbocycles. The predicted molar refractivity (Wildman–Crippen MR) is 123 cm³/mol. The van der Waals surface area contributed by atoms with Crippen LogP contribution in [0.15, 0.2) is 71.7 Å². The van der Waals surface area contributed by atoms with Crippen molar-refractivity contribution in [3.8, 4) is 21.7 Å². The number of aryl methyl sites for hydroxylation is 2. The SMILES string of the molecule is Cc1ccc(-c2nc(N=Cc3ccc(F)cc3)sc2-c2ccc([N+](=O)[O-])cc2)c(C)c1. The molecule has 0 bridgehead atoms. The number of non-ortho nitro benzene ring substituents is 1. The highest BCUT2D eigenvalue weighted by Gasteiger charge is 2.17. The van der Waals surface area contributed by atoms with Crippen LogP contribution in [0.2, 0.25) is 0 Å². The summed E-state index contributed by atoms with van der Waals surface area (Å²) in [4.78, 5) is 20.7. The Labute approximate surface area is 182 Å². The Hall–Kier alpha value is -3.71. The fourth-order valence-corrected chi connectivity index (χ4v) is 4.17. The molecule has 4 aromatic rings. The monoisotopic (exact) mass is 431 g/mol. The minimum Gasteiger partial charge on any atom is -0.258 e. The van der Waals surface area contributed by atoms with Gasteiger partial charge in [0.25, 0.3) is 5.69 Å². The predicted octanol–water partition coefficient (Wildman–Crippen LogP) is 6.89. The van der Waals surface area contributed by atoms with Gasteiger partial charge in [-0.05, 0) is 54.8 Å². The van der Waals surface area contributed by atoms with Crippen LogP contribution in [0.3, 0.4) is 0 Å². The number of nitro benzene ring substituents is 1. The summed E-state index contributed by atoms with van der Waals surface area (Å²) >= 11 is 1.40. The lowest BCUT2D eigenvalue weighted by Gasteiger charge is -2.07. The first-order valence-corrected chi connectivity index (χ1v) is 10.4. The molecule has 1 aromatic heterocycles. The number of aromatic nitrogens is 1. The molecule has 0 aliphatic rings. The Kier molecular flexibility index (Phi) is 5.68. The molecule has 154 valence electrons. The number of aliphatic imine (C=N–C) groups is 1. The maximum Gasteiger partial charge on any atom is 0.269 e. The number of hydrogen-bond donors (Lipinski definition) is 0. The van der Waals surface area contributed by atoms with Gasteiger partial charge in [0.05, 0.1) is 15.5 Å². The molecule has 3 aromatic carbocycles. The van der Waals surface area contributed by atoms with Gasteiger partial charge in [-0.15, -0.1) is 0 Å². The molecule has 0 amide bonds. The van der Waals surface area contributed by atoms with Gasteiger partial charge in [0.1, 0.15) is 5.82 Å². The number of benzene rings is 3. The van der Waals surface area contributed by atoms with Crippen molar-refractivity contribution in [3.63, 3.8) is 0 Å². The van der Waals surface area contributed by atoms with E-state index in [2.05, 4.69) is 11.1 Å². The summed E-state index contributed by atoms with van der Waals surface area (Å²) < 4.78 is 13.1. The lowest BCUT2D eigenvalue weighted by molar-refractivity contribution is -0.384. The lowest BCUT2D eigenvalue weighted by atomic mass is 10.0. The summed E-state index contributed by atoms with van der Waals surface area (Å²) in [5.74, 6) is -0.302.